The van der Waals surface area contributed by atoms with Crippen LogP contribution in [0.3, 0.4) is 0 Å². The van der Waals surface area contributed by atoms with Crippen LogP contribution < -0.4 is 0 Å². The Morgan fingerprint density at radius 3 is 2.38 bits per heavy atom. The Labute approximate surface area is 91.6 Å². The highest BCUT2D eigenvalue weighted by Gasteiger charge is 2.46. The molecule has 1 rings (SSSR count). The number of rotatable bonds is 2. The molecule has 6 heteroatoms. The van der Waals surface area contributed by atoms with Crippen LogP contribution in [0, 0.1) is 0 Å². The van der Waals surface area contributed by atoms with Crippen molar-refractivity contribution in [1.29, 1.82) is 0 Å². The van der Waals surface area contributed by atoms with Crippen LogP contribution in [-0.4, -0.2) is 25.6 Å². The molecule has 0 spiro atoms. The second kappa shape index (κ2) is 3.67. The molecular weight excluding hydrogens is 231 g/mol. The van der Waals surface area contributed by atoms with E-state index >= 15 is 0 Å². The lowest BCUT2D eigenvalue weighted by molar-refractivity contribution is -0.124. The molecule has 0 fully saturated rings. The van der Waals surface area contributed by atoms with Crippen LogP contribution in [0.2, 0.25) is 0 Å². The molecule has 0 aliphatic carbocycles. The van der Waals surface area contributed by atoms with E-state index in [4.69, 9.17) is 23.2 Å². The second-order valence-electron chi connectivity index (χ2n) is 2.99. The van der Waals surface area contributed by atoms with Crippen molar-refractivity contribution >= 4 is 46.8 Å². The van der Waals surface area contributed by atoms with Crippen molar-refractivity contribution in [2.75, 3.05) is 0 Å². The van der Waals surface area contributed by atoms with Gasteiger partial charge in [-0.3, -0.25) is 4.79 Å². The fraction of sp³-hybridized carbons (Fsp3) is 0.714. The van der Waals surface area contributed by atoms with Crippen molar-refractivity contribution in [3.05, 3.63) is 0 Å². The van der Waals surface area contributed by atoms with Gasteiger partial charge in [-0.05, 0) is 18.9 Å². The molecule has 0 atom stereocenters. The summed E-state index contributed by atoms with van der Waals surface area (Å²) in [6, 6.07) is 0. The fourth-order valence-electron chi connectivity index (χ4n) is 0.790. The quantitative estimate of drug-likeness (QED) is 0.549. The highest BCUT2D eigenvalue weighted by Crippen LogP contribution is 2.35. The number of nitrogens with zero attached hydrogens (tertiary/aromatic N) is 2. The van der Waals surface area contributed by atoms with E-state index in [0.29, 0.717) is 5.71 Å². The third kappa shape index (κ3) is 2.11. The van der Waals surface area contributed by atoms with Crippen LogP contribution >= 0.6 is 35.1 Å². The molecule has 0 bridgehead atoms. The van der Waals surface area contributed by atoms with Crippen LogP contribution in [0.5, 0.6) is 0 Å². The molecule has 0 saturated heterocycles. The summed E-state index contributed by atoms with van der Waals surface area (Å²) in [6.07, 6.45) is 0. The van der Waals surface area contributed by atoms with Gasteiger partial charge in [0.15, 0.2) is 0 Å². The summed E-state index contributed by atoms with van der Waals surface area (Å²) in [4.78, 5) is 11.5. The van der Waals surface area contributed by atoms with Gasteiger partial charge in [0, 0.05) is 5.25 Å². The zero-order chi connectivity index (χ0) is 10.2. The predicted molar refractivity (Wildman–Crippen MR) is 57.1 cm³/mol. The van der Waals surface area contributed by atoms with Gasteiger partial charge in [-0.25, -0.2) is 0 Å². The monoisotopic (exact) mass is 240 g/mol. The summed E-state index contributed by atoms with van der Waals surface area (Å²) >= 11 is 12.9. The summed E-state index contributed by atoms with van der Waals surface area (Å²) in [5.74, 6) is -0.382. The van der Waals surface area contributed by atoms with Crippen LogP contribution in [0.15, 0.2) is 5.10 Å². The van der Waals surface area contributed by atoms with Gasteiger partial charge in [-0.2, -0.15) is 9.52 Å². The van der Waals surface area contributed by atoms with Gasteiger partial charge in [-0.1, -0.05) is 37.0 Å². The minimum atomic E-state index is -1.47. The Morgan fingerprint density at radius 1 is 1.54 bits per heavy atom. The predicted octanol–water partition coefficient (Wildman–Crippen LogP) is 2.44. The number of hydrazone groups is 1. The molecule has 0 unspecified atom stereocenters. The van der Waals surface area contributed by atoms with Gasteiger partial charge in [0.1, 0.15) is 0 Å². The molecule has 0 saturated carbocycles. The lowest BCUT2D eigenvalue weighted by Gasteiger charge is -2.15. The molecule has 0 aromatic carbocycles. The second-order valence-corrected chi connectivity index (χ2v) is 5.82. The summed E-state index contributed by atoms with van der Waals surface area (Å²) < 4.78 is -0.220. The zero-order valence-electron chi connectivity index (χ0n) is 7.54. The standard InChI is InChI=1S/C7H10Cl2N2OS/c1-4(2)13-11-6(12)7(8,9)5(3)10-11/h4H,1-3H3. The summed E-state index contributed by atoms with van der Waals surface area (Å²) in [7, 11) is 0. The van der Waals surface area contributed by atoms with Crippen molar-refractivity contribution in [3.8, 4) is 0 Å². The van der Waals surface area contributed by atoms with E-state index in [0.717, 1.165) is 0 Å². The van der Waals surface area contributed by atoms with Gasteiger partial charge in [-0.15, -0.1) is 0 Å². The number of hydrogen-bond donors (Lipinski definition) is 0. The Bertz CT molecular complexity index is 265. The van der Waals surface area contributed by atoms with Crippen molar-refractivity contribution in [2.24, 2.45) is 5.10 Å². The maximum atomic E-state index is 11.5. The lowest BCUT2D eigenvalue weighted by Crippen LogP contribution is -2.33. The minimum Gasteiger partial charge on any atom is -0.268 e. The van der Waals surface area contributed by atoms with E-state index in [9.17, 15) is 4.79 Å². The molecule has 74 valence electrons. The summed E-state index contributed by atoms with van der Waals surface area (Å²) in [5, 5.41) is 4.23. The molecule has 0 aromatic heterocycles. The SMILES string of the molecule is CC1=NN(SC(C)C)C(=O)C1(Cl)Cl. The van der Waals surface area contributed by atoms with Crippen LogP contribution in [0.1, 0.15) is 20.8 Å². The number of amides is 1. The van der Waals surface area contributed by atoms with Gasteiger partial charge in [0.05, 0.1) is 5.71 Å². The Morgan fingerprint density at radius 2 is 2.08 bits per heavy atom. The van der Waals surface area contributed by atoms with Crippen molar-refractivity contribution in [2.45, 2.75) is 30.4 Å². The topological polar surface area (TPSA) is 32.7 Å². The van der Waals surface area contributed by atoms with Gasteiger partial charge in [0.25, 0.3) is 5.91 Å². The Balaban J connectivity index is 2.79. The highest BCUT2D eigenvalue weighted by atomic mass is 35.5. The third-order valence-electron chi connectivity index (χ3n) is 1.45. The lowest BCUT2D eigenvalue weighted by atomic mass is 10.3. The molecule has 0 N–H and O–H groups in total. The van der Waals surface area contributed by atoms with Crippen molar-refractivity contribution in [1.82, 2.24) is 4.41 Å². The molecular formula is C7H10Cl2N2OS. The first-order valence-electron chi connectivity index (χ1n) is 3.80. The average Bonchev–Trinajstić information content (AvgIpc) is 2.15. The first kappa shape index (κ1) is 11.1. The Kier molecular flexibility index (Phi) is 3.15. The molecule has 0 radical (unpaired) electrons. The number of alkyl halides is 2. The largest absolute Gasteiger partial charge is 0.295 e. The maximum Gasteiger partial charge on any atom is 0.295 e. The van der Waals surface area contributed by atoms with E-state index < -0.39 is 4.33 Å². The van der Waals surface area contributed by atoms with E-state index in [1.807, 2.05) is 13.8 Å². The average molecular weight is 241 g/mol. The van der Waals surface area contributed by atoms with Gasteiger partial charge in [0.2, 0.25) is 4.33 Å². The van der Waals surface area contributed by atoms with Crippen LogP contribution in [0.25, 0.3) is 0 Å². The minimum absolute atomic E-state index is 0.266. The van der Waals surface area contributed by atoms with Crippen molar-refractivity contribution < 1.29 is 4.79 Å². The maximum absolute atomic E-state index is 11.5. The van der Waals surface area contributed by atoms with E-state index in [1.165, 1.54) is 16.4 Å². The normalized spacial score (nSPS) is 21.2. The summed E-state index contributed by atoms with van der Waals surface area (Å²) in [5.41, 5.74) is 0.425. The molecule has 3 nitrogen and oxygen atoms in total. The number of halogens is 2. The third-order valence-corrected chi connectivity index (χ3v) is 3.19. The van der Waals surface area contributed by atoms with Crippen LogP contribution in [0.4, 0.5) is 0 Å². The number of carbonyl (C=O) groups is 1. The van der Waals surface area contributed by atoms with Crippen molar-refractivity contribution in [3.63, 3.8) is 0 Å². The van der Waals surface area contributed by atoms with E-state index in [-0.39, 0.29) is 11.2 Å². The van der Waals surface area contributed by atoms with Crippen LogP contribution in [-0.2, 0) is 4.79 Å². The molecule has 1 aliphatic rings. The number of hydrogen-bond acceptors (Lipinski definition) is 3. The Hall–Kier alpha value is 0.0700. The molecule has 1 aliphatic heterocycles. The van der Waals surface area contributed by atoms with E-state index in [2.05, 4.69) is 5.10 Å². The van der Waals surface area contributed by atoms with E-state index in [1.54, 1.807) is 6.92 Å². The fourth-order valence-corrected chi connectivity index (χ4v) is 1.93. The first-order chi connectivity index (χ1) is 5.85. The smallest absolute Gasteiger partial charge is 0.268 e. The van der Waals surface area contributed by atoms with Gasteiger partial charge >= 0.3 is 0 Å². The highest BCUT2D eigenvalue weighted by molar-refractivity contribution is 7.98. The van der Waals surface area contributed by atoms with Gasteiger partial charge < -0.3 is 0 Å². The first-order valence-corrected chi connectivity index (χ1v) is 5.39. The molecule has 1 heterocycles. The number of carbonyl (C=O) groups excluding carboxylic acids is 1. The molecule has 1 amide bonds. The summed E-state index contributed by atoms with van der Waals surface area (Å²) in [6.45, 7) is 5.56. The molecule has 13 heavy (non-hydrogen) atoms. The molecule has 0 aromatic rings. The zero-order valence-corrected chi connectivity index (χ0v) is 9.87.